The largest absolute Gasteiger partial charge is 0.330 e. The van der Waals surface area contributed by atoms with Crippen molar-refractivity contribution >= 4 is 0 Å². The van der Waals surface area contributed by atoms with Gasteiger partial charge in [-0.15, -0.1) is 0 Å². The molecule has 1 aromatic rings. The highest BCUT2D eigenvalue weighted by Crippen LogP contribution is 2.33. The summed E-state index contributed by atoms with van der Waals surface area (Å²) in [5, 5.41) is 0. The molecule has 0 saturated carbocycles. The van der Waals surface area contributed by atoms with Gasteiger partial charge in [0.1, 0.15) is 0 Å². The molecule has 2 N–H and O–H groups in total. The molecule has 2 heteroatoms. The number of aryl methyl sites for hydroxylation is 1. The molecule has 1 heterocycles. The van der Waals surface area contributed by atoms with Gasteiger partial charge in [0, 0.05) is 13.1 Å². The first-order valence-corrected chi connectivity index (χ1v) is 7.87. The van der Waals surface area contributed by atoms with Crippen LogP contribution in [-0.4, -0.2) is 31.1 Å². The lowest BCUT2D eigenvalue weighted by molar-refractivity contribution is 0.288. The molecule has 0 radical (unpaired) electrons. The number of rotatable bonds is 4. The van der Waals surface area contributed by atoms with Crippen molar-refractivity contribution in [2.75, 3.05) is 26.2 Å². The van der Waals surface area contributed by atoms with E-state index in [1.54, 1.807) is 11.1 Å². The van der Waals surface area contributed by atoms with Gasteiger partial charge in [0.05, 0.1) is 0 Å². The van der Waals surface area contributed by atoms with Crippen LogP contribution in [0.1, 0.15) is 42.7 Å². The van der Waals surface area contributed by atoms with Gasteiger partial charge in [-0.25, -0.2) is 0 Å². The molecule has 1 aromatic carbocycles. The molecule has 2 nitrogen and oxygen atoms in total. The van der Waals surface area contributed by atoms with Gasteiger partial charge in [-0.05, 0) is 68.2 Å². The minimum atomic E-state index is 0.765. The molecular formula is C17H26N2. The van der Waals surface area contributed by atoms with E-state index in [4.69, 9.17) is 5.73 Å². The summed E-state index contributed by atoms with van der Waals surface area (Å²) >= 11 is 0. The molecule has 0 bridgehead atoms. The van der Waals surface area contributed by atoms with Crippen molar-refractivity contribution < 1.29 is 0 Å². The summed E-state index contributed by atoms with van der Waals surface area (Å²) in [5.74, 6) is 1.62. The summed E-state index contributed by atoms with van der Waals surface area (Å²) in [5.41, 5.74) is 8.90. The maximum Gasteiger partial charge on any atom is 0.00505 e. The molecule has 104 valence electrons. The molecule has 1 aliphatic carbocycles. The standard InChI is InChI=1S/C17H26N2/c18-10-8-14-9-11-19(12-14)13-16-6-3-5-15-4-1-2-7-17(15)16/h1-2,4,7,14,16H,3,5-6,8-13,18H2. The molecule has 1 aliphatic heterocycles. The Labute approximate surface area is 117 Å². The highest BCUT2D eigenvalue weighted by Gasteiger charge is 2.26. The number of nitrogens with two attached hydrogens (primary N) is 1. The first-order chi connectivity index (χ1) is 9.36. The zero-order chi connectivity index (χ0) is 13.1. The van der Waals surface area contributed by atoms with Crippen molar-refractivity contribution in [3.8, 4) is 0 Å². The Kier molecular flexibility index (Phi) is 4.19. The van der Waals surface area contributed by atoms with Crippen LogP contribution in [0.5, 0.6) is 0 Å². The Morgan fingerprint density at radius 1 is 1.21 bits per heavy atom. The van der Waals surface area contributed by atoms with Gasteiger partial charge >= 0.3 is 0 Å². The van der Waals surface area contributed by atoms with Gasteiger partial charge in [0.25, 0.3) is 0 Å². The number of nitrogens with zero attached hydrogens (tertiary/aromatic N) is 1. The summed E-state index contributed by atoms with van der Waals surface area (Å²) < 4.78 is 0. The van der Waals surface area contributed by atoms with Crippen LogP contribution in [0.3, 0.4) is 0 Å². The first kappa shape index (κ1) is 13.1. The molecule has 1 saturated heterocycles. The number of benzene rings is 1. The average molecular weight is 258 g/mol. The fraction of sp³-hybridized carbons (Fsp3) is 0.647. The van der Waals surface area contributed by atoms with E-state index >= 15 is 0 Å². The maximum absolute atomic E-state index is 5.68. The van der Waals surface area contributed by atoms with Crippen LogP contribution in [0.2, 0.25) is 0 Å². The molecule has 3 rings (SSSR count). The minimum Gasteiger partial charge on any atom is -0.330 e. The number of hydrogen-bond acceptors (Lipinski definition) is 2. The third kappa shape index (κ3) is 3.01. The van der Waals surface area contributed by atoms with E-state index in [2.05, 4.69) is 29.2 Å². The van der Waals surface area contributed by atoms with Crippen molar-refractivity contribution in [3.05, 3.63) is 35.4 Å². The van der Waals surface area contributed by atoms with Crippen LogP contribution >= 0.6 is 0 Å². The van der Waals surface area contributed by atoms with Crippen LogP contribution in [0, 0.1) is 5.92 Å². The third-order valence-electron chi connectivity index (χ3n) is 4.92. The second kappa shape index (κ2) is 6.06. The second-order valence-corrected chi connectivity index (χ2v) is 6.28. The Hall–Kier alpha value is -0.860. The van der Waals surface area contributed by atoms with E-state index in [1.165, 1.54) is 51.7 Å². The minimum absolute atomic E-state index is 0.765. The lowest BCUT2D eigenvalue weighted by atomic mass is 9.82. The summed E-state index contributed by atoms with van der Waals surface area (Å²) in [6.45, 7) is 4.67. The fourth-order valence-electron chi connectivity index (χ4n) is 3.91. The summed E-state index contributed by atoms with van der Waals surface area (Å²) in [6.07, 6.45) is 6.57. The van der Waals surface area contributed by atoms with Gasteiger partial charge in [0.2, 0.25) is 0 Å². The van der Waals surface area contributed by atoms with E-state index in [-0.39, 0.29) is 0 Å². The number of fused-ring (bicyclic) bond motifs is 1. The Morgan fingerprint density at radius 3 is 3.00 bits per heavy atom. The molecular weight excluding hydrogens is 232 g/mol. The summed E-state index contributed by atoms with van der Waals surface area (Å²) in [6, 6.07) is 9.07. The molecule has 2 aliphatic rings. The van der Waals surface area contributed by atoms with Gasteiger partial charge in [-0.1, -0.05) is 24.3 Å². The van der Waals surface area contributed by atoms with Gasteiger partial charge in [0.15, 0.2) is 0 Å². The quantitative estimate of drug-likeness (QED) is 0.900. The van der Waals surface area contributed by atoms with Crippen LogP contribution < -0.4 is 5.73 Å². The van der Waals surface area contributed by atoms with E-state index in [0.29, 0.717) is 0 Å². The Bertz CT molecular complexity index is 415. The van der Waals surface area contributed by atoms with Crippen LogP contribution in [0.4, 0.5) is 0 Å². The van der Waals surface area contributed by atoms with Gasteiger partial charge < -0.3 is 10.6 Å². The summed E-state index contributed by atoms with van der Waals surface area (Å²) in [4.78, 5) is 2.67. The summed E-state index contributed by atoms with van der Waals surface area (Å²) in [7, 11) is 0. The zero-order valence-corrected chi connectivity index (χ0v) is 11.9. The van der Waals surface area contributed by atoms with E-state index in [0.717, 1.165) is 18.4 Å². The van der Waals surface area contributed by atoms with Crippen LogP contribution in [0.15, 0.2) is 24.3 Å². The molecule has 2 atom stereocenters. The highest BCUT2D eigenvalue weighted by atomic mass is 15.1. The number of likely N-dealkylation sites (tertiary alicyclic amines) is 1. The van der Waals surface area contributed by atoms with Crippen LogP contribution in [-0.2, 0) is 6.42 Å². The SMILES string of the molecule is NCCC1CCN(CC2CCCc3ccccc32)C1. The lowest BCUT2D eigenvalue weighted by Crippen LogP contribution is -2.28. The monoisotopic (exact) mass is 258 g/mol. The first-order valence-electron chi connectivity index (χ1n) is 7.87. The van der Waals surface area contributed by atoms with Crippen molar-refractivity contribution in [1.29, 1.82) is 0 Å². The number of hydrogen-bond donors (Lipinski definition) is 1. The van der Waals surface area contributed by atoms with E-state index < -0.39 is 0 Å². The van der Waals surface area contributed by atoms with E-state index in [9.17, 15) is 0 Å². The topological polar surface area (TPSA) is 29.3 Å². The van der Waals surface area contributed by atoms with Crippen molar-refractivity contribution in [2.45, 2.75) is 38.0 Å². The van der Waals surface area contributed by atoms with Crippen molar-refractivity contribution in [1.82, 2.24) is 4.90 Å². The van der Waals surface area contributed by atoms with Crippen LogP contribution in [0.25, 0.3) is 0 Å². The normalized spacial score (nSPS) is 27.4. The smallest absolute Gasteiger partial charge is 0.00505 e. The molecule has 2 unspecified atom stereocenters. The second-order valence-electron chi connectivity index (χ2n) is 6.28. The Morgan fingerprint density at radius 2 is 2.11 bits per heavy atom. The van der Waals surface area contributed by atoms with E-state index in [1.807, 2.05) is 0 Å². The maximum atomic E-state index is 5.68. The predicted molar refractivity (Wildman–Crippen MR) is 80.3 cm³/mol. The molecule has 19 heavy (non-hydrogen) atoms. The van der Waals surface area contributed by atoms with Crippen molar-refractivity contribution in [2.24, 2.45) is 11.7 Å². The van der Waals surface area contributed by atoms with Gasteiger partial charge in [-0.3, -0.25) is 0 Å². The molecule has 0 aromatic heterocycles. The predicted octanol–water partition coefficient (Wildman–Crippen LogP) is 2.78. The Balaban J connectivity index is 1.62. The van der Waals surface area contributed by atoms with Crippen molar-refractivity contribution in [3.63, 3.8) is 0 Å². The average Bonchev–Trinajstić information content (AvgIpc) is 2.87. The zero-order valence-electron chi connectivity index (χ0n) is 11.9. The third-order valence-corrected chi connectivity index (χ3v) is 4.92. The molecule has 0 spiro atoms. The molecule has 1 fully saturated rings. The fourth-order valence-corrected chi connectivity index (χ4v) is 3.91. The van der Waals surface area contributed by atoms with Gasteiger partial charge in [-0.2, -0.15) is 0 Å². The highest BCUT2D eigenvalue weighted by molar-refractivity contribution is 5.32. The lowest BCUT2D eigenvalue weighted by Gasteiger charge is -2.29. The molecule has 0 amide bonds.